The lowest BCUT2D eigenvalue weighted by atomic mass is 10.2. The fraction of sp³-hybridized carbons (Fsp3) is 0.875. The predicted molar refractivity (Wildman–Crippen MR) is 104 cm³/mol. The Kier molecular flexibility index (Phi) is 11.1. The van der Waals surface area contributed by atoms with Crippen molar-refractivity contribution in [2.45, 2.75) is 65.6 Å². The molecule has 1 N–H and O–H groups in total. The highest BCUT2D eigenvalue weighted by molar-refractivity contribution is 7.74. The van der Waals surface area contributed by atoms with Gasteiger partial charge in [-0.2, -0.15) is 0 Å². The predicted octanol–water partition coefficient (Wildman–Crippen LogP) is 4.60. The van der Waals surface area contributed by atoms with Crippen LogP contribution >= 0.6 is 15.2 Å². The minimum Gasteiger partial charge on any atom is -0.481 e. The first-order valence-corrected chi connectivity index (χ1v) is 12.3. The topological polar surface area (TPSA) is 144 Å². The van der Waals surface area contributed by atoms with Crippen LogP contribution in [0.4, 0.5) is 4.79 Å². The molecule has 0 fully saturated rings. The van der Waals surface area contributed by atoms with Crippen molar-refractivity contribution in [2.24, 2.45) is 0 Å². The number of carboxylic acids is 1. The number of hydrogen-bond acceptors (Lipinski definition) is 10. The third kappa shape index (κ3) is 7.35. The van der Waals surface area contributed by atoms with E-state index in [0.717, 1.165) is 0 Å². The number of carbonyl (C=O) groups is 2. The van der Waals surface area contributed by atoms with E-state index in [4.69, 9.17) is 27.6 Å². The number of ether oxygens (including phenoxy) is 2. The van der Waals surface area contributed by atoms with Gasteiger partial charge in [0.05, 0.1) is 26.4 Å². The number of carboxylic acid groups (broad SMARTS) is 1. The van der Waals surface area contributed by atoms with Crippen molar-refractivity contribution < 1.29 is 51.4 Å². The Morgan fingerprint density at radius 3 is 1.34 bits per heavy atom. The lowest BCUT2D eigenvalue weighted by Crippen LogP contribution is -2.41. The zero-order chi connectivity index (χ0) is 22.9. The summed E-state index contributed by atoms with van der Waals surface area (Å²) in [5.41, 5.74) is -1.05. The summed E-state index contributed by atoms with van der Waals surface area (Å²) >= 11 is 0. The maximum absolute atomic E-state index is 13.7. The van der Waals surface area contributed by atoms with Gasteiger partial charge in [0.15, 0.2) is 0 Å². The van der Waals surface area contributed by atoms with Gasteiger partial charge in [0.2, 0.25) is 0 Å². The van der Waals surface area contributed by atoms with Crippen LogP contribution in [0.3, 0.4) is 0 Å². The Hall–Kier alpha value is -0.960. The summed E-state index contributed by atoms with van der Waals surface area (Å²) < 4.78 is 58.5. The molecule has 0 aromatic rings. The molecule has 0 aromatic carbocycles. The summed E-state index contributed by atoms with van der Waals surface area (Å²) in [4.78, 5) is 24.2. The second kappa shape index (κ2) is 11.4. The van der Waals surface area contributed by atoms with Gasteiger partial charge in [0.25, 0.3) is 0 Å². The van der Waals surface area contributed by atoms with Crippen LogP contribution < -0.4 is 0 Å². The van der Waals surface area contributed by atoms with Gasteiger partial charge < -0.3 is 32.7 Å². The Morgan fingerprint density at radius 1 is 0.759 bits per heavy atom. The van der Waals surface area contributed by atoms with Crippen molar-refractivity contribution in [2.75, 3.05) is 26.4 Å². The Balaban J connectivity index is 6.87. The molecule has 0 heterocycles. The van der Waals surface area contributed by atoms with Crippen LogP contribution in [-0.4, -0.2) is 54.3 Å². The van der Waals surface area contributed by atoms with E-state index in [2.05, 4.69) is 0 Å². The Labute approximate surface area is 171 Å². The van der Waals surface area contributed by atoms with Crippen LogP contribution in [0.15, 0.2) is 0 Å². The summed E-state index contributed by atoms with van der Waals surface area (Å²) in [7, 11) is -9.46. The first kappa shape index (κ1) is 28.0. The van der Waals surface area contributed by atoms with Crippen LogP contribution in [0.25, 0.3) is 0 Å². The van der Waals surface area contributed by atoms with Gasteiger partial charge in [-0.1, -0.05) is 0 Å². The molecule has 11 nitrogen and oxygen atoms in total. The second-order valence-corrected chi connectivity index (χ2v) is 11.4. The molecule has 0 bridgehead atoms. The molecule has 0 saturated carbocycles. The number of aliphatic carboxylic acids is 1. The highest BCUT2D eigenvalue weighted by Gasteiger charge is 2.70. The fourth-order valence-corrected chi connectivity index (χ4v) is 7.49. The van der Waals surface area contributed by atoms with E-state index in [9.17, 15) is 23.8 Å². The molecule has 0 rings (SSSR count). The Bertz CT molecular complexity index is 591. The third-order valence-electron chi connectivity index (χ3n) is 3.07. The number of rotatable bonds is 13. The van der Waals surface area contributed by atoms with Crippen molar-refractivity contribution in [3.63, 3.8) is 0 Å². The minimum atomic E-state index is -4.73. The average molecular weight is 462 g/mol. The Morgan fingerprint density at radius 2 is 1.10 bits per heavy atom. The highest BCUT2D eigenvalue weighted by Crippen LogP contribution is 2.79. The van der Waals surface area contributed by atoms with E-state index in [-0.39, 0.29) is 26.4 Å². The van der Waals surface area contributed by atoms with Crippen molar-refractivity contribution >= 4 is 27.3 Å². The van der Waals surface area contributed by atoms with Crippen molar-refractivity contribution in [3.8, 4) is 0 Å². The minimum absolute atomic E-state index is 0.228. The molecule has 0 spiro atoms. The molecular weight excluding hydrogens is 430 g/mol. The lowest BCUT2D eigenvalue weighted by molar-refractivity contribution is -0.140. The van der Waals surface area contributed by atoms with Gasteiger partial charge in [-0.25, -0.2) is 4.79 Å². The number of carbonyl (C=O) groups excluding carboxylic acids is 1. The van der Waals surface area contributed by atoms with Crippen molar-refractivity contribution in [1.29, 1.82) is 0 Å². The summed E-state index contributed by atoms with van der Waals surface area (Å²) in [5.74, 6) is -1.60. The highest BCUT2D eigenvalue weighted by atomic mass is 31.2. The first-order valence-electron chi connectivity index (χ1n) is 9.18. The van der Waals surface area contributed by atoms with Crippen molar-refractivity contribution in [1.82, 2.24) is 0 Å². The smallest absolute Gasteiger partial charge is 0.481 e. The summed E-state index contributed by atoms with van der Waals surface area (Å²) in [6.45, 7) is 9.50. The molecule has 29 heavy (non-hydrogen) atoms. The molecule has 0 aromatic heterocycles. The standard InChI is InChI=1S/C16H32O11P2/c1-8-22-28(20,23-9-2)16(12-13(17)18,27-14(19)26-15(5,6)7)29(21,24-10-3)25-11-4/h8-12H2,1-7H3,(H,17,18). The van der Waals surface area contributed by atoms with Gasteiger partial charge in [-0.05, 0) is 48.5 Å². The largest absolute Gasteiger partial charge is 0.510 e. The maximum Gasteiger partial charge on any atom is 0.510 e. The van der Waals surface area contributed by atoms with Gasteiger partial charge in [0.1, 0.15) is 12.0 Å². The second-order valence-electron chi connectivity index (χ2n) is 6.55. The molecule has 0 radical (unpaired) electrons. The third-order valence-corrected chi connectivity index (χ3v) is 9.14. The van der Waals surface area contributed by atoms with E-state index in [0.29, 0.717) is 0 Å². The SMILES string of the molecule is CCOP(=O)(OCC)C(CC(=O)O)(OC(=O)OC(C)(C)C)P(=O)(OCC)OCC. The number of hydrogen-bond donors (Lipinski definition) is 1. The average Bonchev–Trinajstić information content (AvgIpc) is 2.52. The zero-order valence-electron chi connectivity index (χ0n) is 18.0. The normalized spacial score (nSPS) is 13.2. The van der Waals surface area contributed by atoms with Crippen LogP contribution in [0.2, 0.25) is 0 Å². The summed E-state index contributed by atoms with van der Waals surface area (Å²) in [5, 5.41) is 6.57. The van der Waals surface area contributed by atoms with E-state index in [1.807, 2.05) is 0 Å². The van der Waals surface area contributed by atoms with E-state index >= 15 is 0 Å². The van der Waals surface area contributed by atoms with Crippen LogP contribution in [0, 0.1) is 0 Å². The molecule has 0 amide bonds. The molecule has 0 aliphatic heterocycles. The molecule has 0 aliphatic rings. The van der Waals surface area contributed by atoms with Crippen LogP contribution in [0.1, 0.15) is 54.9 Å². The molecule has 0 atom stereocenters. The molecule has 0 unspecified atom stereocenters. The molecule has 0 saturated heterocycles. The summed E-state index contributed by atoms with van der Waals surface area (Å²) in [6.07, 6.45) is -2.67. The van der Waals surface area contributed by atoms with Crippen molar-refractivity contribution in [3.05, 3.63) is 0 Å². The zero-order valence-corrected chi connectivity index (χ0v) is 19.7. The van der Waals surface area contributed by atoms with Gasteiger partial charge >= 0.3 is 32.4 Å². The summed E-state index contributed by atoms with van der Waals surface area (Å²) in [6, 6.07) is 0. The maximum atomic E-state index is 13.7. The van der Waals surface area contributed by atoms with Gasteiger partial charge in [-0.3, -0.25) is 13.9 Å². The molecule has 0 aliphatic carbocycles. The molecule has 13 heteroatoms. The van der Waals surface area contributed by atoms with E-state index < -0.39 is 44.4 Å². The first-order chi connectivity index (χ1) is 13.3. The molecule has 172 valence electrons. The lowest BCUT2D eigenvalue weighted by Gasteiger charge is -2.40. The molecular formula is C16H32O11P2. The van der Waals surface area contributed by atoms with Crippen LogP contribution in [0.5, 0.6) is 0 Å². The van der Waals surface area contributed by atoms with Gasteiger partial charge in [0, 0.05) is 0 Å². The van der Waals surface area contributed by atoms with Crippen LogP contribution in [-0.2, 0) is 41.5 Å². The van der Waals surface area contributed by atoms with E-state index in [1.165, 1.54) is 48.5 Å². The quantitative estimate of drug-likeness (QED) is 0.303. The van der Waals surface area contributed by atoms with Gasteiger partial charge in [-0.15, -0.1) is 0 Å². The fourth-order valence-electron chi connectivity index (χ4n) is 2.25. The van der Waals surface area contributed by atoms with E-state index in [1.54, 1.807) is 0 Å². The monoisotopic (exact) mass is 462 g/mol.